The molecule has 2 heteroatoms. The third kappa shape index (κ3) is 4.02. The van der Waals surface area contributed by atoms with Gasteiger partial charge in [-0.2, -0.15) is 0 Å². The highest BCUT2D eigenvalue weighted by Crippen LogP contribution is 2.51. The van der Waals surface area contributed by atoms with Gasteiger partial charge in [0.1, 0.15) is 11.2 Å². The summed E-state index contributed by atoms with van der Waals surface area (Å²) in [6.07, 6.45) is 0. The Hall–Kier alpha value is -6.22. The molecule has 11 aromatic rings. The highest BCUT2D eigenvalue weighted by molar-refractivity contribution is 7.25. The molecule has 0 radical (unpaired) electrons. The summed E-state index contributed by atoms with van der Waals surface area (Å²) in [5.41, 5.74) is 12.5. The summed E-state index contributed by atoms with van der Waals surface area (Å²) in [7, 11) is 0. The van der Waals surface area contributed by atoms with Gasteiger partial charge in [-0.3, -0.25) is 0 Å². The monoisotopic (exact) mass is 692 g/mol. The SMILES string of the molecule is CC1(C)c2ccccc2-c2ccc(-c3c4ccccc4c(-c4ccc5sc6cc7cc8oc9ccccc9c8cc7cc6c5c4)c4ccccc34)cc21. The van der Waals surface area contributed by atoms with E-state index in [1.165, 1.54) is 102 Å². The Morgan fingerprint density at radius 3 is 1.72 bits per heavy atom. The summed E-state index contributed by atoms with van der Waals surface area (Å²) < 4.78 is 8.85. The lowest BCUT2D eigenvalue weighted by atomic mass is 9.80. The summed E-state index contributed by atoms with van der Waals surface area (Å²) >= 11 is 1.87. The molecule has 1 nitrogen and oxygen atoms in total. The lowest BCUT2D eigenvalue weighted by Gasteiger charge is -2.23. The maximum atomic E-state index is 6.25. The highest BCUT2D eigenvalue weighted by atomic mass is 32.1. The minimum Gasteiger partial charge on any atom is -0.456 e. The number of hydrogen-bond donors (Lipinski definition) is 0. The number of hydrogen-bond acceptors (Lipinski definition) is 2. The molecule has 0 N–H and O–H groups in total. The molecule has 12 rings (SSSR count). The van der Waals surface area contributed by atoms with Crippen LogP contribution in [0.1, 0.15) is 25.0 Å². The molecule has 0 atom stereocenters. The summed E-state index contributed by atoms with van der Waals surface area (Å²) in [5.74, 6) is 0. The van der Waals surface area contributed by atoms with E-state index in [1.807, 2.05) is 17.4 Å². The Balaban J connectivity index is 1.08. The first-order chi connectivity index (χ1) is 26.0. The first-order valence-electron chi connectivity index (χ1n) is 18.4. The number of thiophene rings is 1. The molecule has 2 heterocycles. The van der Waals surface area contributed by atoms with Crippen LogP contribution in [-0.4, -0.2) is 0 Å². The Bertz CT molecular complexity index is 3320. The van der Waals surface area contributed by atoms with Crippen molar-refractivity contribution in [3.8, 4) is 33.4 Å². The van der Waals surface area contributed by atoms with Gasteiger partial charge in [0, 0.05) is 36.4 Å². The first-order valence-corrected chi connectivity index (χ1v) is 19.2. The Morgan fingerprint density at radius 2 is 0.962 bits per heavy atom. The van der Waals surface area contributed by atoms with E-state index in [9.17, 15) is 0 Å². The van der Waals surface area contributed by atoms with E-state index in [2.05, 4.69) is 166 Å². The number of furan rings is 1. The second-order valence-electron chi connectivity index (χ2n) is 15.2. The van der Waals surface area contributed by atoms with Crippen molar-refractivity contribution in [3.63, 3.8) is 0 Å². The second kappa shape index (κ2) is 10.4. The Kier molecular flexibility index (Phi) is 5.78. The van der Waals surface area contributed by atoms with Gasteiger partial charge in [-0.25, -0.2) is 0 Å². The van der Waals surface area contributed by atoms with E-state index in [0.717, 1.165) is 16.6 Å². The molecule has 0 saturated heterocycles. The lowest BCUT2D eigenvalue weighted by Crippen LogP contribution is -2.14. The lowest BCUT2D eigenvalue weighted by molar-refractivity contribution is 0.660. The molecule has 0 fully saturated rings. The van der Waals surface area contributed by atoms with Gasteiger partial charge in [-0.1, -0.05) is 123 Å². The quantitative estimate of drug-likeness (QED) is 0.164. The summed E-state index contributed by atoms with van der Waals surface area (Å²) in [4.78, 5) is 0. The summed E-state index contributed by atoms with van der Waals surface area (Å²) in [6.45, 7) is 4.74. The minimum absolute atomic E-state index is 0.0597. The number of fused-ring (bicyclic) bond motifs is 12. The number of benzene rings is 9. The maximum absolute atomic E-state index is 6.25. The van der Waals surface area contributed by atoms with E-state index in [4.69, 9.17) is 4.42 Å². The van der Waals surface area contributed by atoms with Gasteiger partial charge >= 0.3 is 0 Å². The predicted octanol–water partition coefficient (Wildman–Crippen LogP) is 15.1. The normalized spacial score (nSPS) is 13.6. The van der Waals surface area contributed by atoms with Crippen molar-refractivity contribution >= 4 is 85.8 Å². The number of rotatable bonds is 2. The third-order valence-corrected chi connectivity index (χ3v) is 13.1. The molecule has 1 aliphatic carbocycles. The largest absolute Gasteiger partial charge is 0.456 e. The molecule has 0 amide bonds. The molecule has 0 spiro atoms. The van der Waals surface area contributed by atoms with Gasteiger partial charge in [0.2, 0.25) is 0 Å². The van der Waals surface area contributed by atoms with Crippen LogP contribution in [0.15, 0.2) is 162 Å². The molecule has 0 unspecified atom stereocenters. The fourth-order valence-corrected chi connectivity index (χ4v) is 10.6. The van der Waals surface area contributed by atoms with E-state index in [0.29, 0.717) is 0 Å². The van der Waals surface area contributed by atoms with E-state index >= 15 is 0 Å². The zero-order valence-electron chi connectivity index (χ0n) is 29.3. The van der Waals surface area contributed by atoms with Crippen molar-refractivity contribution in [2.24, 2.45) is 0 Å². The van der Waals surface area contributed by atoms with Crippen molar-refractivity contribution in [1.82, 2.24) is 0 Å². The van der Waals surface area contributed by atoms with E-state index in [1.54, 1.807) is 0 Å². The first kappa shape index (κ1) is 29.4. The van der Waals surface area contributed by atoms with Crippen molar-refractivity contribution in [3.05, 3.63) is 169 Å². The zero-order chi connectivity index (χ0) is 35.0. The van der Waals surface area contributed by atoms with Gasteiger partial charge in [-0.05, 0) is 125 Å². The van der Waals surface area contributed by atoms with Crippen molar-refractivity contribution < 1.29 is 4.42 Å². The second-order valence-corrected chi connectivity index (χ2v) is 16.3. The van der Waals surface area contributed by atoms with Gasteiger partial charge < -0.3 is 4.42 Å². The van der Waals surface area contributed by atoms with E-state index < -0.39 is 0 Å². The van der Waals surface area contributed by atoms with Crippen molar-refractivity contribution in [2.45, 2.75) is 19.3 Å². The van der Waals surface area contributed by atoms with E-state index in [-0.39, 0.29) is 5.41 Å². The fourth-order valence-electron chi connectivity index (χ4n) is 9.51. The highest BCUT2D eigenvalue weighted by Gasteiger charge is 2.35. The average Bonchev–Trinajstić information content (AvgIpc) is 3.81. The van der Waals surface area contributed by atoms with Gasteiger partial charge in [0.25, 0.3) is 0 Å². The van der Waals surface area contributed by atoms with Crippen LogP contribution in [-0.2, 0) is 5.41 Å². The average molecular weight is 693 g/mol. The molecule has 1 aliphatic rings. The van der Waals surface area contributed by atoms with Gasteiger partial charge in [-0.15, -0.1) is 11.3 Å². The molecule has 9 aromatic carbocycles. The molecular weight excluding hydrogens is 661 g/mol. The molecule has 53 heavy (non-hydrogen) atoms. The fraction of sp³-hybridized carbons (Fsp3) is 0.0588. The van der Waals surface area contributed by atoms with Crippen LogP contribution in [0.25, 0.3) is 108 Å². The van der Waals surface area contributed by atoms with Crippen LogP contribution in [0.5, 0.6) is 0 Å². The predicted molar refractivity (Wildman–Crippen MR) is 228 cm³/mol. The minimum atomic E-state index is -0.0597. The van der Waals surface area contributed by atoms with Crippen LogP contribution in [0.3, 0.4) is 0 Å². The Morgan fingerprint density at radius 1 is 0.396 bits per heavy atom. The van der Waals surface area contributed by atoms with Crippen LogP contribution >= 0.6 is 11.3 Å². The maximum Gasteiger partial charge on any atom is 0.136 e. The summed E-state index contributed by atoms with van der Waals surface area (Å²) in [5, 5.41) is 12.5. The van der Waals surface area contributed by atoms with Crippen LogP contribution in [0.2, 0.25) is 0 Å². The van der Waals surface area contributed by atoms with Gasteiger partial charge in [0.15, 0.2) is 0 Å². The van der Waals surface area contributed by atoms with Crippen LogP contribution in [0.4, 0.5) is 0 Å². The topological polar surface area (TPSA) is 13.1 Å². The van der Waals surface area contributed by atoms with Gasteiger partial charge in [0.05, 0.1) is 0 Å². The van der Waals surface area contributed by atoms with Crippen molar-refractivity contribution in [1.29, 1.82) is 0 Å². The molecule has 248 valence electrons. The zero-order valence-corrected chi connectivity index (χ0v) is 30.1. The number of para-hydroxylation sites is 1. The molecule has 2 aromatic heterocycles. The van der Waals surface area contributed by atoms with Crippen LogP contribution in [0, 0.1) is 0 Å². The molecule has 0 aliphatic heterocycles. The molecule has 0 bridgehead atoms. The summed E-state index contributed by atoms with van der Waals surface area (Å²) in [6, 6.07) is 58.8. The van der Waals surface area contributed by atoms with Crippen LogP contribution < -0.4 is 0 Å². The standard InChI is InChI=1S/C51H32OS/c1-51(2)43-17-9-7-11-33(43)34-21-19-30(26-44(34)51)50-38-15-5-3-13-36(38)49(37-14-4-6-16-39(37)50)29-20-22-47-41(23-29)42-25-31-24-40-35-12-8-10-18-45(35)52-46(40)27-32(31)28-48(42)53-47/h3-28H,1-2H3. The molecular formula is C51H32OS. The smallest absolute Gasteiger partial charge is 0.136 e. The molecule has 0 saturated carbocycles. The van der Waals surface area contributed by atoms with Crippen molar-refractivity contribution in [2.75, 3.05) is 0 Å². The Labute approximate surface area is 310 Å². The third-order valence-electron chi connectivity index (χ3n) is 12.0.